The van der Waals surface area contributed by atoms with E-state index in [0.717, 1.165) is 28.2 Å². The Morgan fingerprint density at radius 3 is 2.83 bits per heavy atom. The first-order valence-corrected chi connectivity index (χ1v) is 6.67. The highest BCUT2D eigenvalue weighted by atomic mass is 32.1. The Hall–Kier alpha value is -1.68. The van der Waals surface area contributed by atoms with Gasteiger partial charge >= 0.3 is 0 Å². The third kappa shape index (κ3) is 2.29. The molecule has 18 heavy (non-hydrogen) atoms. The van der Waals surface area contributed by atoms with E-state index in [-0.39, 0.29) is 5.78 Å². The molecule has 0 saturated carbocycles. The zero-order valence-electron chi connectivity index (χ0n) is 10.7. The van der Waals surface area contributed by atoms with E-state index in [0.29, 0.717) is 5.69 Å². The first-order valence-electron chi connectivity index (χ1n) is 5.79. The van der Waals surface area contributed by atoms with Crippen molar-refractivity contribution in [1.29, 1.82) is 0 Å². The predicted octanol–water partition coefficient (Wildman–Crippen LogP) is 3.58. The van der Waals surface area contributed by atoms with Crippen molar-refractivity contribution >= 4 is 17.1 Å². The molecule has 0 spiro atoms. The van der Waals surface area contributed by atoms with Crippen molar-refractivity contribution in [1.82, 2.24) is 4.98 Å². The van der Waals surface area contributed by atoms with Crippen LogP contribution in [0.15, 0.2) is 23.7 Å². The molecule has 0 radical (unpaired) electrons. The van der Waals surface area contributed by atoms with Crippen LogP contribution in [0.1, 0.15) is 29.9 Å². The van der Waals surface area contributed by atoms with Gasteiger partial charge in [-0.1, -0.05) is 6.92 Å². The van der Waals surface area contributed by atoms with Crippen molar-refractivity contribution in [3.63, 3.8) is 0 Å². The Balaban J connectivity index is 2.51. The van der Waals surface area contributed by atoms with Crippen LogP contribution in [0.5, 0.6) is 5.75 Å². The number of ketones is 1. The number of rotatable bonds is 4. The summed E-state index contributed by atoms with van der Waals surface area (Å²) in [5.74, 6) is 0.884. The molecule has 0 unspecified atom stereocenters. The largest absolute Gasteiger partial charge is 0.496 e. The van der Waals surface area contributed by atoms with Crippen LogP contribution < -0.4 is 4.74 Å². The van der Waals surface area contributed by atoms with Crippen LogP contribution in [0, 0.1) is 0 Å². The number of hydrogen-bond acceptors (Lipinski definition) is 4. The quantitative estimate of drug-likeness (QED) is 0.790. The summed E-state index contributed by atoms with van der Waals surface area (Å²) in [5, 5.41) is 0. The summed E-state index contributed by atoms with van der Waals surface area (Å²) in [6.07, 6.45) is 0.894. The van der Waals surface area contributed by atoms with Crippen LogP contribution in [0.3, 0.4) is 0 Å². The van der Waals surface area contributed by atoms with Crippen LogP contribution in [0.2, 0.25) is 0 Å². The van der Waals surface area contributed by atoms with Crippen LogP contribution in [0.25, 0.3) is 10.4 Å². The fourth-order valence-corrected chi connectivity index (χ4v) is 2.73. The van der Waals surface area contributed by atoms with Gasteiger partial charge in [0.2, 0.25) is 0 Å². The lowest BCUT2D eigenvalue weighted by Crippen LogP contribution is -1.96. The molecule has 1 aromatic carbocycles. The van der Waals surface area contributed by atoms with Crippen LogP contribution in [-0.4, -0.2) is 17.9 Å². The molecule has 2 rings (SSSR count). The van der Waals surface area contributed by atoms with Crippen molar-refractivity contribution in [2.75, 3.05) is 7.11 Å². The molecule has 94 valence electrons. The monoisotopic (exact) mass is 261 g/mol. The van der Waals surface area contributed by atoms with Crippen molar-refractivity contribution in [3.8, 4) is 16.2 Å². The van der Waals surface area contributed by atoms with Gasteiger partial charge in [-0.2, -0.15) is 0 Å². The molecule has 0 aliphatic rings. The number of aryl methyl sites for hydroxylation is 1. The molecule has 0 aliphatic carbocycles. The molecule has 3 nitrogen and oxygen atoms in total. The number of aromatic nitrogens is 1. The Morgan fingerprint density at radius 2 is 2.22 bits per heavy atom. The Bertz CT molecular complexity index is 575. The van der Waals surface area contributed by atoms with Gasteiger partial charge in [0.15, 0.2) is 5.78 Å². The predicted molar refractivity (Wildman–Crippen MR) is 73.5 cm³/mol. The number of thiazole rings is 1. The lowest BCUT2D eigenvalue weighted by molar-refractivity contribution is 0.101. The minimum Gasteiger partial charge on any atom is -0.496 e. The molecule has 0 fully saturated rings. The average molecular weight is 261 g/mol. The van der Waals surface area contributed by atoms with E-state index in [4.69, 9.17) is 4.74 Å². The molecule has 0 N–H and O–H groups in total. The molecule has 0 aliphatic heterocycles. The van der Waals surface area contributed by atoms with E-state index in [1.807, 2.05) is 12.1 Å². The SMILES string of the molecule is CCc1cc(-c2scnc2C(C)=O)ccc1OC. The molecule has 0 amide bonds. The Kier molecular flexibility index (Phi) is 3.77. The number of benzene rings is 1. The highest BCUT2D eigenvalue weighted by Crippen LogP contribution is 2.31. The molecule has 0 bridgehead atoms. The van der Waals surface area contributed by atoms with Crippen molar-refractivity contribution < 1.29 is 9.53 Å². The number of Topliss-reactive ketones (excluding diaryl/α,β-unsaturated/α-hetero) is 1. The fraction of sp³-hybridized carbons (Fsp3) is 0.286. The van der Waals surface area contributed by atoms with Crippen LogP contribution >= 0.6 is 11.3 Å². The highest BCUT2D eigenvalue weighted by molar-refractivity contribution is 7.13. The van der Waals surface area contributed by atoms with Gasteiger partial charge < -0.3 is 4.74 Å². The first-order chi connectivity index (χ1) is 8.67. The molecule has 2 aromatic rings. The number of ether oxygens (including phenoxy) is 1. The zero-order valence-corrected chi connectivity index (χ0v) is 11.5. The average Bonchev–Trinajstić information content (AvgIpc) is 2.87. The maximum Gasteiger partial charge on any atom is 0.179 e. The van der Waals surface area contributed by atoms with E-state index < -0.39 is 0 Å². The number of carbonyl (C=O) groups excluding carboxylic acids is 1. The second-order valence-corrected chi connectivity index (χ2v) is 4.82. The number of carbonyl (C=O) groups is 1. The van der Waals surface area contributed by atoms with E-state index in [1.165, 1.54) is 11.3 Å². The molecule has 0 saturated heterocycles. The standard InChI is InChI=1S/C14H15NO2S/c1-4-10-7-11(5-6-12(10)17-3)14-13(9(2)16)15-8-18-14/h5-8H,4H2,1-3H3. The number of hydrogen-bond donors (Lipinski definition) is 0. The second-order valence-electron chi connectivity index (χ2n) is 3.97. The lowest BCUT2D eigenvalue weighted by atomic mass is 10.0. The summed E-state index contributed by atoms with van der Waals surface area (Å²) in [7, 11) is 1.67. The summed E-state index contributed by atoms with van der Waals surface area (Å²) in [5.41, 5.74) is 4.42. The molecular formula is C14H15NO2S. The number of nitrogens with zero attached hydrogens (tertiary/aromatic N) is 1. The maximum atomic E-state index is 11.5. The Labute approximate surface area is 110 Å². The molecule has 1 aromatic heterocycles. The summed E-state index contributed by atoms with van der Waals surface area (Å²) < 4.78 is 5.31. The third-order valence-electron chi connectivity index (χ3n) is 2.82. The highest BCUT2D eigenvalue weighted by Gasteiger charge is 2.13. The normalized spacial score (nSPS) is 10.4. The van der Waals surface area contributed by atoms with E-state index in [9.17, 15) is 4.79 Å². The topological polar surface area (TPSA) is 39.2 Å². The van der Waals surface area contributed by atoms with Crippen molar-refractivity contribution in [2.24, 2.45) is 0 Å². The minimum absolute atomic E-state index is 0.000108. The van der Waals surface area contributed by atoms with Crippen LogP contribution in [0.4, 0.5) is 0 Å². The number of methoxy groups -OCH3 is 1. The molecular weight excluding hydrogens is 246 g/mol. The van der Waals surface area contributed by atoms with E-state index >= 15 is 0 Å². The van der Waals surface area contributed by atoms with Gasteiger partial charge in [-0.15, -0.1) is 11.3 Å². The summed E-state index contributed by atoms with van der Waals surface area (Å²) in [4.78, 5) is 16.6. The van der Waals surface area contributed by atoms with E-state index in [2.05, 4.69) is 18.0 Å². The zero-order chi connectivity index (χ0) is 13.1. The molecule has 4 heteroatoms. The van der Waals surface area contributed by atoms with Gasteiger partial charge in [0.25, 0.3) is 0 Å². The lowest BCUT2D eigenvalue weighted by Gasteiger charge is -2.08. The maximum absolute atomic E-state index is 11.5. The first kappa shape index (κ1) is 12.8. The summed E-state index contributed by atoms with van der Waals surface area (Å²) >= 11 is 1.49. The van der Waals surface area contributed by atoms with Crippen molar-refractivity contribution in [2.45, 2.75) is 20.3 Å². The van der Waals surface area contributed by atoms with E-state index in [1.54, 1.807) is 19.5 Å². The van der Waals surface area contributed by atoms with Gasteiger partial charge in [0.1, 0.15) is 11.4 Å². The van der Waals surface area contributed by atoms with Crippen LogP contribution in [-0.2, 0) is 6.42 Å². The van der Waals surface area contributed by atoms with Crippen molar-refractivity contribution in [3.05, 3.63) is 35.0 Å². The fourth-order valence-electron chi connectivity index (χ4n) is 1.90. The van der Waals surface area contributed by atoms with Gasteiger partial charge in [-0.3, -0.25) is 4.79 Å². The summed E-state index contributed by atoms with van der Waals surface area (Å²) in [6.45, 7) is 3.63. The van der Waals surface area contributed by atoms with Gasteiger partial charge in [-0.25, -0.2) is 4.98 Å². The summed E-state index contributed by atoms with van der Waals surface area (Å²) in [6, 6.07) is 5.98. The smallest absolute Gasteiger partial charge is 0.179 e. The van der Waals surface area contributed by atoms with Gasteiger partial charge in [0, 0.05) is 6.92 Å². The Morgan fingerprint density at radius 1 is 1.44 bits per heavy atom. The second kappa shape index (κ2) is 5.31. The third-order valence-corrected chi connectivity index (χ3v) is 3.70. The minimum atomic E-state index is 0.000108. The molecule has 0 atom stereocenters. The molecule has 1 heterocycles. The van der Waals surface area contributed by atoms with Gasteiger partial charge in [-0.05, 0) is 35.7 Å². The van der Waals surface area contributed by atoms with Gasteiger partial charge in [0.05, 0.1) is 17.5 Å².